The summed E-state index contributed by atoms with van der Waals surface area (Å²) in [6.07, 6.45) is 1.86. The lowest BCUT2D eigenvalue weighted by atomic mass is 10.2. The molecule has 0 bridgehead atoms. The topological polar surface area (TPSA) is 65.7 Å². The van der Waals surface area contributed by atoms with Crippen LogP contribution >= 0.6 is 23.5 Å². The second kappa shape index (κ2) is 9.75. The van der Waals surface area contributed by atoms with Crippen LogP contribution in [0.2, 0.25) is 0 Å². The lowest BCUT2D eigenvalue weighted by molar-refractivity contribution is 0.414. The molecule has 0 unspecified atom stereocenters. The number of rotatable bonds is 9. The number of aryl methyl sites for hydroxylation is 2. The molecule has 1 aromatic carbocycles. The van der Waals surface area contributed by atoms with Crippen molar-refractivity contribution in [3.8, 4) is 5.75 Å². The summed E-state index contributed by atoms with van der Waals surface area (Å²) in [6, 6.07) is 10.0. The number of nitrogens with zero attached hydrogens (tertiary/aromatic N) is 5. The summed E-state index contributed by atoms with van der Waals surface area (Å²) in [5.41, 5.74) is 3.15. The molecule has 8 heteroatoms. The van der Waals surface area contributed by atoms with Crippen LogP contribution in [0.4, 0.5) is 0 Å². The van der Waals surface area contributed by atoms with Crippen LogP contribution in [0.25, 0.3) is 0 Å². The minimum absolute atomic E-state index is 0.660. The molecule has 2 heterocycles. The van der Waals surface area contributed by atoms with Crippen molar-refractivity contribution in [3.63, 3.8) is 0 Å². The molecule has 0 N–H and O–H groups in total. The molecule has 0 spiro atoms. The summed E-state index contributed by atoms with van der Waals surface area (Å²) in [6.45, 7) is 8.49. The van der Waals surface area contributed by atoms with Gasteiger partial charge in [0.2, 0.25) is 0 Å². The van der Waals surface area contributed by atoms with Gasteiger partial charge in [-0.15, -0.1) is 16.8 Å². The fourth-order valence-electron chi connectivity index (χ4n) is 2.60. The number of methoxy groups -OCH3 is 1. The number of hydrogen-bond donors (Lipinski definition) is 0. The third kappa shape index (κ3) is 5.36. The minimum atomic E-state index is 0.660. The Morgan fingerprint density at radius 3 is 2.39 bits per heavy atom. The quantitative estimate of drug-likeness (QED) is 0.291. The minimum Gasteiger partial charge on any atom is -0.497 e. The molecule has 0 aliphatic rings. The zero-order valence-corrected chi connectivity index (χ0v) is 17.9. The molecular weight excluding hydrogens is 390 g/mol. The van der Waals surface area contributed by atoms with E-state index in [9.17, 15) is 0 Å². The van der Waals surface area contributed by atoms with Crippen molar-refractivity contribution < 1.29 is 4.74 Å². The molecule has 0 radical (unpaired) electrons. The van der Waals surface area contributed by atoms with Gasteiger partial charge in [0.15, 0.2) is 10.3 Å². The first-order valence-corrected chi connectivity index (χ1v) is 10.8. The van der Waals surface area contributed by atoms with Gasteiger partial charge in [-0.1, -0.05) is 41.7 Å². The summed E-state index contributed by atoms with van der Waals surface area (Å²) < 4.78 is 7.30. The summed E-state index contributed by atoms with van der Waals surface area (Å²) in [5.74, 6) is 3.22. The van der Waals surface area contributed by atoms with Gasteiger partial charge >= 0.3 is 0 Å². The molecule has 0 amide bonds. The Morgan fingerprint density at radius 2 is 1.75 bits per heavy atom. The number of ether oxygens (including phenoxy) is 1. The van der Waals surface area contributed by atoms with E-state index >= 15 is 0 Å². The molecule has 0 saturated heterocycles. The summed E-state index contributed by atoms with van der Waals surface area (Å²) in [4.78, 5) is 8.96. The highest BCUT2D eigenvalue weighted by Crippen LogP contribution is 2.26. The van der Waals surface area contributed by atoms with Crippen molar-refractivity contribution in [2.75, 3.05) is 7.11 Å². The Bertz CT molecular complexity index is 920. The van der Waals surface area contributed by atoms with Crippen LogP contribution in [-0.4, -0.2) is 31.8 Å². The molecule has 0 atom stereocenters. The molecule has 3 rings (SSSR count). The van der Waals surface area contributed by atoms with Crippen molar-refractivity contribution >= 4 is 23.5 Å². The third-order valence-electron chi connectivity index (χ3n) is 3.92. The van der Waals surface area contributed by atoms with E-state index in [0.29, 0.717) is 12.3 Å². The summed E-state index contributed by atoms with van der Waals surface area (Å²) in [5, 5.41) is 10.4. The predicted octanol–water partition coefficient (Wildman–Crippen LogP) is 4.46. The molecule has 28 heavy (non-hydrogen) atoms. The third-order valence-corrected chi connectivity index (χ3v) is 5.81. The fourth-order valence-corrected chi connectivity index (χ4v) is 4.41. The van der Waals surface area contributed by atoms with Crippen molar-refractivity contribution in [2.24, 2.45) is 0 Å². The van der Waals surface area contributed by atoms with Crippen LogP contribution in [0.1, 0.15) is 22.8 Å². The highest BCUT2D eigenvalue weighted by atomic mass is 32.2. The van der Waals surface area contributed by atoms with Crippen molar-refractivity contribution in [3.05, 3.63) is 65.8 Å². The monoisotopic (exact) mass is 413 g/mol. The van der Waals surface area contributed by atoms with Gasteiger partial charge in [0.05, 0.1) is 12.9 Å². The predicted molar refractivity (Wildman–Crippen MR) is 114 cm³/mol. The van der Waals surface area contributed by atoms with E-state index in [-0.39, 0.29) is 0 Å². The zero-order valence-electron chi connectivity index (χ0n) is 16.3. The maximum Gasteiger partial charge on any atom is 0.191 e. The van der Waals surface area contributed by atoms with Crippen LogP contribution in [0.5, 0.6) is 5.75 Å². The lowest BCUT2D eigenvalue weighted by Crippen LogP contribution is -2.03. The SMILES string of the molecule is C=CCn1c(CSc2nc(C)cc(C)n2)nnc1SCc1ccc(OC)cc1. The molecule has 0 saturated carbocycles. The van der Waals surface area contributed by atoms with Gasteiger partial charge in [-0.2, -0.15) is 0 Å². The second-order valence-electron chi connectivity index (χ2n) is 6.16. The summed E-state index contributed by atoms with van der Waals surface area (Å²) in [7, 11) is 1.67. The standard InChI is InChI=1S/C20H23N5OS2/c1-5-10-25-18(13-27-19-21-14(2)11-15(3)22-19)23-24-20(25)28-12-16-6-8-17(26-4)9-7-16/h5-9,11H,1,10,12-13H2,2-4H3. The maximum absolute atomic E-state index is 5.21. The first-order valence-electron chi connectivity index (χ1n) is 8.83. The van der Waals surface area contributed by atoms with Crippen LogP contribution in [-0.2, 0) is 18.1 Å². The van der Waals surface area contributed by atoms with E-state index in [0.717, 1.165) is 39.0 Å². The second-order valence-corrected chi connectivity index (χ2v) is 8.04. The zero-order chi connectivity index (χ0) is 19.9. The van der Waals surface area contributed by atoms with E-state index in [4.69, 9.17) is 4.74 Å². The van der Waals surface area contributed by atoms with Gasteiger partial charge in [-0.05, 0) is 37.6 Å². The lowest BCUT2D eigenvalue weighted by Gasteiger charge is -2.08. The molecule has 0 aliphatic heterocycles. The van der Waals surface area contributed by atoms with E-state index in [1.807, 2.05) is 38.1 Å². The Morgan fingerprint density at radius 1 is 1.04 bits per heavy atom. The molecule has 2 aromatic heterocycles. The van der Waals surface area contributed by atoms with Gasteiger partial charge in [0.1, 0.15) is 11.6 Å². The van der Waals surface area contributed by atoms with E-state index in [1.54, 1.807) is 30.6 Å². The Balaban J connectivity index is 1.68. The Hall–Kier alpha value is -2.32. The van der Waals surface area contributed by atoms with Gasteiger partial charge in [0.25, 0.3) is 0 Å². The number of thioether (sulfide) groups is 2. The first-order chi connectivity index (χ1) is 13.6. The first kappa shape index (κ1) is 20.4. The smallest absolute Gasteiger partial charge is 0.191 e. The van der Waals surface area contributed by atoms with Gasteiger partial charge in [-0.3, -0.25) is 0 Å². The highest BCUT2D eigenvalue weighted by molar-refractivity contribution is 7.98. The number of aromatic nitrogens is 5. The molecule has 0 fully saturated rings. The van der Waals surface area contributed by atoms with Gasteiger partial charge < -0.3 is 9.30 Å². The summed E-state index contributed by atoms with van der Waals surface area (Å²) >= 11 is 3.23. The number of benzene rings is 1. The van der Waals surface area contributed by atoms with E-state index in [2.05, 4.69) is 43.4 Å². The maximum atomic E-state index is 5.21. The average Bonchev–Trinajstić information content (AvgIpc) is 3.06. The molecular formula is C20H23N5OS2. The molecule has 3 aromatic rings. The van der Waals surface area contributed by atoms with E-state index in [1.165, 1.54) is 5.56 Å². The average molecular weight is 414 g/mol. The number of hydrogen-bond acceptors (Lipinski definition) is 7. The van der Waals surface area contributed by atoms with Crippen LogP contribution in [0.15, 0.2) is 53.3 Å². The molecule has 146 valence electrons. The largest absolute Gasteiger partial charge is 0.497 e. The fraction of sp³-hybridized carbons (Fsp3) is 0.300. The van der Waals surface area contributed by atoms with Crippen molar-refractivity contribution in [1.82, 2.24) is 24.7 Å². The molecule has 0 aliphatic carbocycles. The van der Waals surface area contributed by atoms with Gasteiger partial charge in [-0.25, -0.2) is 9.97 Å². The Kier molecular flexibility index (Phi) is 7.11. The van der Waals surface area contributed by atoms with Crippen molar-refractivity contribution in [2.45, 2.75) is 42.2 Å². The highest BCUT2D eigenvalue weighted by Gasteiger charge is 2.13. The van der Waals surface area contributed by atoms with Crippen LogP contribution < -0.4 is 4.74 Å². The normalized spacial score (nSPS) is 10.8. The van der Waals surface area contributed by atoms with Crippen molar-refractivity contribution in [1.29, 1.82) is 0 Å². The Labute approximate surface area is 173 Å². The van der Waals surface area contributed by atoms with Gasteiger partial charge in [0, 0.05) is 23.7 Å². The van der Waals surface area contributed by atoms with Crippen LogP contribution in [0.3, 0.4) is 0 Å². The van der Waals surface area contributed by atoms with Crippen LogP contribution in [0, 0.1) is 13.8 Å². The number of allylic oxidation sites excluding steroid dienone is 1. The van der Waals surface area contributed by atoms with E-state index < -0.39 is 0 Å². The molecule has 6 nitrogen and oxygen atoms in total.